The van der Waals surface area contributed by atoms with Gasteiger partial charge in [-0.05, 0) is 59.9 Å². The smallest absolute Gasteiger partial charge is 0.201 e. The lowest BCUT2D eigenvalue weighted by molar-refractivity contribution is -0.159. The highest BCUT2D eigenvalue weighted by atomic mass is 19.2. The third kappa shape index (κ3) is 5.18. The molecular weight excluding hydrogens is 441 g/mol. The fourth-order valence-electron chi connectivity index (χ4n) is 3.92. The van der Waals surface area contributed by atoms with Gasteiger partial charge in [0.2, 0.25) is 5.82 Å². The molecule has 3 aromatic rings. The van der Waals surface area contributed by atoms with Crippen LogP contribution in [-0.4, -0.2) is 26.1 Å². The zero-order valence-electron chi connectivity index (χ0n) is 19.2. The number of hydrogen-bond acceptors (Lipinski definition) is 3. The van der Waals surface area contributed by atoms with Crippen LogP contribution in [0.2, 0.25) is 0 Å². The van der Waals surface area contributed by atoms with Crippen molar-refractivity contribution in [3.05, 3.63) is 89.8 Å². The summed E-state index contributed by atoms with van der Waals surface area (Å²) in [5.74, 6) is -2.56. The zero-order valence-corrected chi connectivity index (χ0v) is 19.2. The van der Waals surface area contributed by atoms with Gasteiger partial charge in [-0.15, -0.1) is 0 Å². The second-order valence-corrected chi connectivity index (χ2v) is 8.16. The van der Waals surface area contributed by atoms with E-state index in [1.807, 2.05) is 32.1 Å². The van der Waals surface area contributed by atoms with E-state index in [1.165, 1.54) is 18.2 Å². The minimum Gasteiger partial charge on any atom is -0.490 e. The van der Waals surface area contributed by atoms with Gasteiger partial charge in [0.25, 0.3) is 0 Å². The maximum atomic E-state index is 14.9. The molecule has 4 rings (SSSR count). The molecule has 178 valence electrons. The Morgan fingerprint density at radius 1 is 0.882 bits per heavy atom. The highest BCUT2D eigenvalue weighted by Crippen LogP contribution is 2.33. The number of allylic oxidation sites excluding steroid dienone is 1. The summed E-state index contributed by atoms with van der Waals surface area (Å²) in [6.07, 6.45) is 3.98. The van der Waals surface area contributed by atoms with Crippen molar-refractivity contribution < 1.29 is 27.4 Å². The molecule has 3 nitrogen and oxygen atoms in total. The molecule has 6 heteroatoms. The fraction of sp³-hybridized carbons (Fsp3) is 0.286. The molecule has 0 spiro atoms. The van der Waals surface area contributed by atoms with Gasteiger partial charge in [0.1, 0.15) is 5.82 Å². The molecule has 1 heterocycles. The van der Waals surface area contributed by atoms with Crippen molar-refractivity contribution in [1.82, 2.24) is 0 Å². The molecule has 3 aromatic carbocycles. The fourth-order valence-corrected chi connectivity index (χ4v) is 3.92. The maximum Gasteiger partial charge on any atom is 0.201 e. The van der Waals surface area contributed by atoms with E-state index in [0.29, 0.717) is 42.9 Å². The molecule has 0 atom stereocenters. The predicted octanol–water partition coefficient (Wildman–Crippen LogP) is 7.26. The Labute approximate surface area is 197 Å². The average molecular weight is 469 g/mol. The normalized spacial score (nSPS) is 18.4. The van der Waals surface area contributed by atoms with Crippen LogP contribution in [0.25, 0.3) is 22.3 Å². The van der Waals surface area contributed by atoms with Crippen molar-refractivity contribution in [2.75, 3.05) is 19.8 Å². The van der Waals surface area contributed by atoms with E-state index in [-0.39, 0.29) is 29.3 Å². The van der Waals surface area contributed by atoms with E-state index in [1.54, 1.807) is 30.3 Å². The molecule has 0 aromatic heterocycles. The van der Waals surface area contributed by atoms with Crippen LogP contribution in [0.1, 0.15) is 31.7 Å². The highest BCUT2D eigenvalue weighted by molar-refractivity contribution is 5.71. The molecule has 34 heavy (non-hydrogen) atoms. The van der Waals surface area contributed by atoms with Gasteiger partial charge in [-0.25, -0.2) is 8.78 Å². The summed E-state index contributed by atoms with van der Waals surface area (Å²) in [5, 5.41) is 0. The van der Waals surface area contributed by atoms with Crippen molar-refractivity contribution >= 4 is 0 Å². The van der Waals surface area contributed by atoms with E-state index in [4.69, 9.17) is 14.2 Å². The number of hydrogen-bond donors (Lipinski definition) is 0. The quantitative estimate of drug-likeness (QED) is 0.342. The molecule has 0 amide bonds. The van der Waals surface area contributed by atoms with Crippen molar-refractivity contribution in [1.29, 1.82) is 0 Å². The molecule has 0 radical (unpaired) electrons. The molecule has 0 unspecified atom stereocenters. The van der Waals surface area contributed by atoms with Gasteiger partial charge in [0.05, 0.1) is 19.8 Å². The second kappa shape index (κ2) is 10.9. The van der Waals surface area contributed by atoms with Gasteiger partial charge < -0.3 is 14.2 Å². The molecule has 0 aliphatic carbocycles. The van der Waals surface area contributed by atoms with Crippen LogP contribution in [0.4, 0.5) is 13.2 Å². The first-order chi connectivity index (χ1) is 16.5. The van der Waals surface area contributed by atoms with Gasteiger partial charge in [0.15, 0.2) is 17.9 Å². The molecule has 1 fully saturated rings. The van der Waals surface area contributed by atoms with Crippen LogP contribution in [0.3, 0.4) is 0 Å². The minimum absolute atomic E-state index is 0.0959. The predicted molar refractivity (Wildman–Crippen MR) is 126 cm³/mol. The Morgan fingerprint density at radius 2 is 1.56 bits per heavy atom. The van der Waals surface area contributed by atoms with Crippen LogP contribution in [-0.2, 0) is 9.47 Å². The SMILES string of the molecule is CC=CC1OCC(c2ccc(-c3ccc(-c4ccc(OCCC)c(F)c4F)cc3)cc2F)CO1. The van der Waals surface area contributed by atoms with Crippen LogP contribution in [0, 0.1) is 17.5 Å². The number of benzene rings is 3. The second-order valence-electron chi connectivity index (χ2n) is 8.16. The summed E-state index contributed by atoms with van der Waals surface area (Å²) in [7, 11) is 0. The third-order valence-corrected chi connectivity index (χ3v) is 5.75. The molecule has 0 N–H and O–H groups in total. The molecule has 1 aliphatic heterocycles. The number of ether oxygens (including phenoxy) is 3. The van der Waals surface area contributed by atoms with Crippen LogP contribution in [0.5, 0.6) is 5.75 Å². The number of rotatable bonds is 7. The topological polar surface area (TPSA) is 27.7 Å². The molecular formula is C28H27F3O3. The summed E-state index contributed by atoms with van der Waals surface area (Å²) in [4.78, 5) is 0. The summed E-state index contributed by atoms with van der Waals surface area (Å²) in [5.41, 5.74) is 2.66. The van der Waals surface area contributed by atoms with Crippen molar-refractivity contribution in [2.24, 2.45) is 0 Å². The van der Waals surface area contributed by atoms with Crippen molar-refractivity contribution in [2.45, 2.75) is 32.5 Å². The third-order valence-electron chi connectivity index (χ3n) is 5.75. The lowest BCUT2D eigenvalue weighted by Crippen LogP contribution is -2.29. The lowest BCUT2D eigenvalue weighted by atomic mass is 9.95. The van der Waals surface area contributed by atoms with E-state index in [9.17, 15) is 13.2 Å². The first-order valence-electron chi connectivity index (χ1n) is 11.4. The largest absolute Gasteiger partial charge is 0.490 e. The van der Waals surface area contributed by atoms with Gasteiger partial charge in [0, 0.05) is 11.5 Å². The average Bonchev–Trinajstić information content (AvgIpc) is 2.86. The first-order valence-corrected chi connectivity index (χ1v) is 11.4. The van der Waals surface area contributed by atoms with Gasteiger partial charge in [-0.2, -0.15) is 4.39 Å². The summed E-state index contributed by atoms with van der Waals surface area (Å²) >= 11 is 0. The molecule has 0 bridgehead atoms. The minimum atomic E-state index is -1.000. The monoisotopic (exact) mass is 468 g/mol. The summed E-state index contributed by atoms with van der Waals surface area (Å²) < 4.78 is 60.3. The van der Waals surface area contributed by atoms with E-state index in [2.05, 4.69) is 0 Å². The Morgan fingerprint density at radius 3 is 2.21 bits per heavy atom. The van der Waals surface area contributed by atoms with E-state index >= 15 is 0 Å². The maximum absolute atomic E-state index is 14.9. The molecule has 0 saturated carbocycles. The summed E-state index contributed by atoms with van der Waals surface area (Å²) in [6.45, 7) is 4.85. The summed E-state index contributed by atoms with van der Waals surface area (Å²) in [6, 6.07) is 14.9. The number of halogens is 3. The Bertz CT molecular complexity index is 1150. The highest BCUT2D eigenvalue weighted by Gasteiger charge is 2.24. The van der Waals surface area contributed by atoms with Crippen LogP contribution in [0.15, 0.2) is 66.7 Å². The molecule has 1 aliphatic rings. The van der Waals surface area contributed by atoms with Gasteiger partial charge in [-0.1, -0.05) is 49.4 Å². The van der Waals surface area contributed by atoms with Crippen molar-refractivity contribution in [3.8, 4) is 28.0 Å². The van der Waals surface area contributed by atoms with Crippen molar-refractivity contribution in [3.63, 3.8) is 0 Å². The zero-order chi connectivity index (χ0) is 24.1. The van der Waals surface area contributed by atoms with Gasteiger partial charge >= 0.3 is 0 Å². The van der Waals surface area contributed by atoms with Crippen LogP contribution >= 0.6 is 0 Å². The Hall–Kier alpha value is -3.09. The Balaban J connectivity index is 1.50. The lowest BCUT2D eigenvalue weighted by Gasteiger charge is -2.28. The molecule has 1 saturated heterocycles. The van der Waals surface area contributed by atoms with E-state index in [0.717, 1.165) is 5.56 Å². The first kappa shape index (κ1) is 24.0. The van der Waals surface area contributed by atoms with Gasteiger partial charge in [-0.3, -0.25) is 0 Å². The van der Waals surface area contributed by atoms with Crippen LogP contribution < -0.4 is 4.74 Å². The standard InChI is InChI=1S/C28H27F3O3/c1-3-5-26-33-16-21(17-34-26)22-11-10-20(15-24(22)29)18-6-8-19(9-7-18)23-12-13-25(32-14-4-2)28(31)27(23)30/h3,5-13,15,21,26H,4,14,16-17H2,1-2H3. The van der Waals surface area contributed by atoms with E-state index < -0.39 is 11.6 Å². The Kier molecular flexibility index (Phi) is 7.70.